The van der Waals surface area contributed by atoms with Crippen LogP contribution in [-0.4, -0.2) is 24.6 Å². The molecule has 2 rings (SSSR count). The largest absolute Gasteiger partial charge is 0.285 e. The summed E-state index contributed by atoms with van der Waals surface area (Å²) < 4.78 is 43.9. The van der Waals surface area contributed by atoms with Gasteiger partial charge < -0.3 is 0 Å². The zero-order valence-corrected chi connectivity index (χ0v) is 11.1. The van der Waals surface area contributed by atoms with Crippen molar-refractivity contribution in [3.63, 3.8) is 0 Å². The van der Waals surface area contributed by atoms with Crippen molar-refractivity contribution in [2.24, 2.45) is 4.99 Å². The lowest BCUT2D eigenvalue weighted by atomic mass is 10.1. The Balaban J connectivity index is 2.40. The van der Waals surface area contributed by atoms with Gasteiger partial charge in [-0.25, -0.2) is 4.39 Å². The Morgan fingerprint density at radius 3 is 2.76 bits per heavy atom. The SMILES string of the molecule is O=S(=O)(O)C/N=C1/CCc2c(F)cc(Br)cc21. The molecule has 0 fully saturated rings. The maximum atomic E-state index is 13.5. The number of aliphatic imine (C=N–C) groups is 1. The molecule has 1 aliphatic rings. The number of nitrogens with zero attached hydrogens (tertiary/aromatic N) is 1. The summed E-state index contributed by atoms with van der Waals surface area (Å²) in [4.78, 5) is 3.81. The number of rotatable bonds is 2. The molecule has 4 nitrogen and oxygen atoms in total. The molecule has 0 atom stereocenters. The molecule has 1 aliphatic carbocycles. The molecule has 0 heterocycles. The standard InChI is InChI=1S/C10H9BrFNO3S/c11-6-3-8-7(9(12)4-6)1-2-10(8)13-5-17(14,15)16/h3-4H,1-2,5H2,(H,14,15,16)/b13-10-. The fraction of sp³-hybridized carbons (Fsp3) is 0.300. The minimum Gasteiger partial charge on any atom is -0.284 e. The molecule has 7 heteroatoms. The van der Waals surface area contributed by atoms with Crippen LogP contribution >= 0.6 is 15.9 Å². The van der Waals surface area contributed by atoms with Crippen molar-refractivity contribution in [3.8, 4) is 0 Å². The molecule has 1 aromatic rings. The van der Waals surface area contributed by atoms with Gasteiger partial charge in [-0.2, -0.15) is 8.42 Å². The van der Waals surface area contributed by atoms with E-state index in [2.05, 4.69) is 20.9 Å². The highest BCUT2D eigenvalue weighted by atomic mass is 79.9. The second-order valence-electron chi connectivity index (χ2n) is 3.73. The number of halogens is 2. The molecular formula is C10H9BrFNO3S. The maximum Gasteiger partial charge on any atom is 0.285 e. The minimum atomic E-state index is -4.13. The van der Waals surface area contributed by atoms with E-state index in [1.807, 2.05) is 0 Å². The molecule has 0 unspecified atom stereocenters. The Bertz CT molecular complexity index is 598. The van der Waals surface area contributed by atoms with Gasteiger partial charge in [0.15, 0.2) is 5.88 Å². The van der Waals surface area contributed by atoms with Gasteiger partial charge >= 0.3 is 0 Å². The van der Waals surface area contributed by atoms with Crippen molar-refractivity contribution in [1.29, 1.82) is 0 Å². The first-order valence-corrected chi connectivity index (χ1v) is 7.24. The van der Waals surface area contributed by atoms with Crippen LogP contribution in [0, 0.1) is 5.82 Å². The third-order valence-corrected chi connectivity index (χ3v) is 3.41. The minimum absolute atomic E-state index is 0.327. The van der Waals surface area contributed by atoms with Crippen molar-refractivity contribution in [1.82, 2.24) is 0 Å². The van der Waals surface area contributed by atoms with E-state index in [9.17, 15) is 12.8 Å². The zero-order valence-electron chi connectivity index (χ0n) is 8.65. The second kappa shape index (κ2) is 4.47. The highest BCUT2D eigenvalue weighted by Crippen LogP contribution is 2.28. The van der Waals surface area contributed by atoms with Crippen LogP contribution in [0.5, 0.6) is 0 Å². The number of hydrogen-bond donors (Lipinski definition) is 1. The second-order valence-corrected chi connectivity index (χ2v) is 6.07. The molecule has 0 spiro atoms. The van der Waals surface area contributed by atoms with Gasteiger partial charge in [-0.1, -0.05) is 15.9 Å². The Morgan fingerprint density at radius 2 is 2.12 bits per heavy atom. The first kappa shape index (κ1) is 12.7. The highest BCUT2D eigenvalue weighted by Gasteiger charge is 2.22. The lowest BCUT2D eigenvalue weighted by molar-refractivity contribution is 0.484. The van der Waals surface area contributed by atoms with Gasteiger partial charge in [0.25, 0.3) is 10.1 Å². The molecule has 1 N–H and O–H groups in total. The molecule has 0 bridgehead atoms. The van der Waals surface area contributed by atoms with Crippen molar-refractivity contribution in [2.45, 2.75) is 12.8 Å². The summed E-state index contributed by atoms with van der Waals surface area (Å²) in [6.45, 7) is 0. The van der Waals surface area contributed by atoms with Gasteiger partial charge in [-0.3, -0.25) is 9.55 Å². The summed E-state index contributed by atoms with van der Waals surface area (Å²) in [7, 11) is -4.13. The molecule has 0 aliphatic heterocycles. The molecule has 17 heavy (non-hydrogen) atoms. The molecule has 0 aromatic heterocycles. The van der Waals surface area contributed by atoms with E-state index in [4.69, 9.17) is 4.55 Å². The van der Waals surface area contributed by atoms with Gasteiger partial charge in [0.1, 0.15) is 5.82 Å². The summed E-state index contributed by atoms with van der Waals surface area (Å²) >= 11 is 3.17. The van der Waals surface area contributed by atoms with E-state index < -0.39 is 16.0 Å². The lowest BCUT2D eigenvalue weighted by Gasteiger charge is -2.02. The summed E-state index contributed by atoms with van der Waals surface area (Å²) in [5.74, 6) is -1.01. The van der Waals surface area contributed by atoms with Gasteiger partial charge in [0, 0.05) is 15.7 Å². The smallest absolute Gasteiger partial charge is 0.284 e. The van der Waals surface area contributed by atoms with Crippen LogP contribution in [-0.2, 0) is 16.5 Å². The summed E-state index contributed by atoms with van der Waals surface area (Å²) in [5.41, 5.74) is 1.67. The number of benzene rings is 1. The zero-order chi connectivity index (χ0) is 12.6. The van der Waals surface area contributed by atoms with Crippen LogP contribution in [0.4, 0.5) is 4.39 Å². The molecule has 0 saturated heterocycles. The number of hydrogen-bond acceptors (Lipinski definition) is 3. The maximum absolute atomic E-state index is 13.5. The van der Waals surface area contributed by atoms with E-state index in [0.29, 0.717) is 34.2 Å². The van der Waals surface area contributed by atoms with Gasteiger partial charge in [0.05, 0.1) is 0 Å². The topological polar surface area (TPSA) is 66.7 Å². The van der Waals surface area contributed by atoms with Crippen LogP contribution in [0.3, 0.4) is 0 Å². The Kier molecular flexibility index (Phi) is 3.33. The predicted molar refractivity (Wildman–Crippen MR) is 65.4 cm³/mol. The fourth-order valence-corrected chi connectivity index (χ4v) is 2.57. The van der Waals surface area contributed by atoms with Crippen LogP contribution < -0.4 is 0 Å². The lowest BCUT2D eigenvalue weighted by Crippen LogP contribution is -2.05. The van der Waals surface area contributed by atoms with Crippen molar-refractivity contribution < 1.29 is 17.4 Å². The molecular weight excluding hydrogens is 313 g/mol. The Hall–Kier alpha value is -0.790. The fourth-order valence-electron chi connectivity index (χ4n) is 1.82. The molecule has 1 aromatic carbocycles. The van der Waals surface area contributed by atoms with Crippen molar-refractivity contribution >= 4 is 31.8 Å². The average molecular weight is 322 g/mol. The van der Waals surface area contributed by atoms with Crippen molar-refractivity contribution in [2.75, 3.05) is 5.88 Å². The quantitative estimate of drug-likeness (QED) is 0.849. The molecule has 92 valence electrons. The first-order valence-electron chi connectivity index (χ1n) is 4.83. The van der Waals surface area contributed by atoms with Gasteiger partial charge in [0.2, 0.25) is 0 Å². The predicted octanol–water partition coefficient (Wildman–Crippen LogP) is 2.17. The van der Waals surface area contributed by atoms with Crippen LogP contribution in [0.15, 0.2) is 21.6 Å². The van der Waals surface area contributed by atoms with Crippen molar-refractivity contribution in [3.05, 3.63) is 33.5 Å². The van der Waals surface area contributed by atoms with Crippen LogP contribution in [0.2, 0.25) is 0 Å². The van der Waals surface area contributed by atoms with Gasteiger partial charge in [-0.15, -0.1) is 0 Å². The van der Waals surface area contributed by atoms with Gasteiger partial charge in [-0.05, 0) is 30.5 Å². The van der Waals surface area contributed by atoms with E-state index in [1.165, 1.54) is 6.07 Å². The number of fused-ring (bicyclic) bond motifs is 1. The molecule has 0 amide bonds. The summed E-state index contributed by atoms with van der Waals surface area (Å²) in [6.07, 6.45) is 0.983. The highest BCUT2D eigenvalue weighted by molar-refractivity contribution is 9.10. The monoisotopic (exact) mass is 321 g/mol. The average Bonchev–Trinajstić information content (AvgIpc) is 2.57. The summed E-state index contributed by atoms with van der Waals surface area (Å²) in [6, 6.07) is 3.07. The Morgan fingerprint density at radius 1 is 1.41 bits per heavy atom. The van der Waals surface area contributed by atoms with E-state index >= 15 is 0 Å². The molecule has 0 radical (unpaired) electrons. The third-order valence-electron chi connectivity index (χ3n) is 2.50. The first-order chi connectivity index (χ1) is 7.87. The third kappa shape index (κ3) is 2.91. The van der Waals surface area contributed by atoms with E-state index in [-0.39, 0.29) is 5.82 Å². The van der Waals surface area contributed by atoms with E-state index in [1.54, 1.807) is 6.07 Å². The normalized spacial score (nSPS) is 17.5. The van der Waals surface area contributed by atoms with Crippen LogP contribution in [0.25, 0.3) is 0 Å². The molecule has 0 saturated carbocycles. The van der Waals surface area contributed by atoms with E-state index in [0.717, 1.165) is 0 Å². The summed E-state index contributed by atoms with van der Waals surface area (Å²) in [5, 5.41) is 0. The van der Waals surface area contributed by atoms with Crippen LogP contribution in [0.1, 0.15) is 17.5 Å². The Labute approximate surface area is 106 Å².